The number of halogens is 2. The van der Waals surface area contributed by atoms with E-state index in [1.807, 2.05) is 6.92 Å². The van der Waals surface area contributed by atoms with Crippen LogP contribution in [0.5, 0.6) is 5.75 Å². The molecule has 2 rings (SSSR count). The highest BCUT2D eigenvalue weighted by atomic mass is 35.5. The third-order valence-corrected chi connectivity index (χ3v) is 7.63. The van der Waals surface area contributed by atoms with Crippen LogP contribution in [-0.4, -0.2) is 57.6 Å². The fraction of sp³-hybridized carbons (Fsp3) is 0.462. The number of rotatable bonds is 14. The molecule has 0 saturated heterocycles. The summed E-state index contributed by atoms with van der Waals surface area (Å²) in [6, 6.07) is 11.0. The Morgan fingerprint density at radius 3 is 2.43 bits per heavy atom. The van der Waals surface area contributed by atoms with Gasteiger partial charge in [-0.1, -0.05) is 54.7 Å². The van der Waals surface area contributed by atoms with Gasteiger partial charge in [-0.2, -0.15) is 0 Å². The quantitative estimate of drug-likeness (QED) is 0.326. The molecule has 2 amide bonds. The largest absolute Gasteiger partial charge is 0.495 e. The zero-order valence-electron chi connectivity index (χ0n) is 21.7. The maximum atomic E-state index is 13.4. The lowest BCUT2D eigenvalue weighted by molar-refractivity contribution is -0.140. The molecule has 8 nitrogen and oxygen atoms in total. The van der Waals surface area contributed by atoms with Crippen molar-refractivity contribution in [1.82, 2.24) is 10.2 Å². The number of carbonyl (C=O) groups excluding carboxylic acids is 2. The molecular weight excluding hydrogens is 537 g/mol. The van der Waals surface area contributed by atoms with Crippen molar-refractivity contribution in [2.75, 3.05) is 30.8 Å². The molecule has 0 fully saturated rings. The van der Waals surface area contributed by atoms with E-state index in [0.29, 0.717) is 33.6 Å². The monoisotopic (exact) mass is 571 g/mol. The summed E-state index contributed by atoms with van der Waals surface area (Å²) < 4.78 is 31.6. The van der Waals surface area contributed by atoms with Crippen molar-refractivity contribution < 1.29 is 22.7 Å². The molecule has 0 saturated carbocycles. The van der Waals surface area contributed by atoms with Crippen molar-refractivity contribution >= 4 is 50.7 Å². The van der Waals surface area contributed by atoms with E-state index in [0.717, 1.165) is 19.1 Å². The minimum Gasteiger partial charge on any atom is -0.495 e. The van der Waals surface area contributed by atoms with Gasteiger partial charge < -0.3 is 15.0 Å². The molecule has 0 aliphatic carbocycles. The number of nitrogens with zero attached hydrogens (tertiary/aromatic N) is 2. The summed E-state index contributed by atoms with van der Waals surface area (Å²) in [7, 11) is -2.17. The molecule has 0 aliphatic heterocycles. The van der Waals surface area contributed by atoms with Gasteiger partial charge in [0.05, 0.1) is 19.1 Å². The van der Waals surface area contributed by atoms with E-state index in [-0.39, 0.29) is 37.7 Å². The molecule has 11 heteroatoms. The molecule has 0 unspecified atom stereocenters. The maximum Gasteiger partial charge on any atom is 0.242 e. The van der Waals surface area contributed by atoms with Crippen LogP contribution < -0.4 is 14.4 Å². The van der Waals surface area contributed by atoms with E-state index in [2.05, 4.69) is 5.32 Å². The third kappa shape index (κ3) is 9.09. The van der Waals surface area contributed by atoms with Crippen molar-refractivity contribution in [3.63, 3.8) is 0 Å². The topological polar surface area (TPSA) is 96.0 Å². The van der Waals surface area contributed by atoms with Crippen molar-refractivity contribution in [2.24, 2.45) is 0 Å². The summed E-state index contributed by atoms with van der Waals surface area (Å²) in [5, 5.41) is 3.73. The van der Waals surface area contributed by atoms with E-state index >= 15 is 0 Å². The molecular formula is C26H35Cl2N3O5S. The SMILES string of the molecule is CCCCNC(=O)[C@@H](C)N(Cc1ccc(Cl)cc1Cl)C(=O)CCCN(c1ccccc1OC)S(C)(=O)=O. The first-order valence-electron chi connectivity index (χ1n) is 12.1. The number of amides is 2. The zero-order valence-corrected chi connectivity index (χ0v) is 24.0. The van der Waals surface area contributed by atoms with E-state index in [1.54, 1.807) is 49.4 Å². The Bertz CT molecular complexity index is 1180. The smallest absolute Gasteiger partial charge is 0.242 e. The summed E-state index contributed by atoms with van der Waals surface area (Å²) in [6.07, 6.45) is 3.14. The lowest BCUT2D eigenvalue weighted by Gasteiger charge is -2.30. The Labute approximate surface area is 229 Å². The van der Waals surface area contributed by atoms with Crippen LogP contribution >= 0.6 is 23.2 Å². The minimum absolute atomic E-state index is 0.0267. The highest BCUT2D eigenvalue weighted by molar-refractivity contribution is 7.92. The number of methoxy groups -OCH3 is 1. The first-order chi connectivity index (χ1) is 17.5. The first-order valence-corrected chi connectivity index (χ1v) is 14.7. The van der Waals surface area contributed by atoms with Crippen LogP contribution in [0.25, 0.3) is 0 Å². The van der Waals surface area contributed by atoms with Crippen LogP contribution in [0, 0.1) is 0 Å². The Balaban J connectivity index is 2.21. The van der Waals surface area contributed by atoms with E-state index < -0.39 is 16.1 Å². The van der Waals surface area contributed by atoms with Crippen molar-refractivity contribution in [1.29, 1.82) is 0 Å². The Hall–Kier alpha value is -2.49. The van der Waals surface area contributed by atoms with Gasteiger partial charge in [0.25, 0.3) is 0 Å². The van der Waals surface area contributed by atoms with E-state index in [9.17, 15) is 18.0 Å². The fourth-order valence-electron chi connectivity index (χ4n) is 3.77. The molecule has 0 aliphatic rings. The molecule has 0 aromatic heterocycles. The Kier molecular flexibility index (Phi) is 12.0. The fourth-order valence-corrected chi connectivity index (χ4v) is 5.21. The van der Waals surface area contributed by atoms with Crippen molar-refractivity contribution in [2.45, 2.75) is 52.1 Å². The Morgan fingerprint density at radius 2 is 1.81 bits per heavy atom. The van der Waals surface area contributed by atoms with Gasteiger partial charge in [-0.05, 0) is 49.6 Å². The second-order valence-electron chi connectivity index (χ2n) is 8.69. The highest BCUT2D eigenvalue weighted by Crippen LogP contribution is 2.30. The number of para-hydroxylation sites is 2. The number of benzene rings is 2. The van der Waals surface area contributed by atoms with Gasteiger partial charge in [-0.15, -0.1) is 0 Å². The minimum atomic E-state index is -3.64. The van der Waals surface area contributed by atoms with Gasteiger partial charge in [0, 0.05) is 36.1 Å². The van der Waals surface area contributed by atoms with E-state index in [1.165, 1.54) is 16.3 Å². The summed E-state index contributed by atoms with van der Waals surface area (Å²) in [5.74, 6) is -0.146. The van der Waals surface area contributed by atoms with Crippen LogP contribution in [0.15, 0.2) is 42.5 Å². The third-order valence-electron chi connectivity index (χ3n) is 5.86. The molecule has 204 valence electrons. The lowest BCUT2D eigenvalue weighted by Crippen LogP contribution is -2.48. The van der Waals surface area contributed by atoms with Crippen LogP contribution in [-0.2, 0) is 26.2 Å². The number of unbranched alkanes of at least 4 members (excludes halogenated alkanes) is 1. The number of sulfonamides is 1. The van der Waals surface area contributed by atoms with Crippen LogP contribution in [0.2, 0.25) is 10.0 Å². The molecule has 0 radical (unpaired) electrons. The van der Waals surface area contributed by atoms with Crippen LogP contribution in [0.3, 0.4) is 0 Å². The van der Waals surface area contributed by atoms with Gasteiger partial charge in [0.2, 0.25) is 21.8 Å². The molecule has 2 aromatic carbocycles. The number of carbonyl (C=O) groups is 2. The molecule has 2 aromatic rings. The molecule has 0 bridgehead atoms. The second-order valence-corrected chi connectivity index (χ2v) is 11.4. The highest BCUT2D eigenvalue weighted by Gasteiger charge is 2.27. The molecule has 1 N–H and O–H groups in total. The van der Waals surface area contributed by atoms with Gasteiger partial charge in [0.15, 0.2) is 0 Å². The predicted octanol–water partition coefficient (Wildman–Crippen LogP) is 4.88. The normalized spacial score (nSPS) is 12.1. The van der Waals surface area contributed by atoms with Crippen LogP contribution in [0.4, 0.5) is 5.69 Å². The average molecular weight is 573 g/mol. The molecule has 1 atom stereocenters. The predicted molar refractivity (Wildman–Crippen MR) is 149 cm³/mol. The summed E-state index contributed by atoms with van der Waals surface area (Å²) in [4.78, 5) is 27.6. The first kappa shape index (κ1) is 30.7. The average Bonchev–Trinajstić information content (AvgIpc) is 2.85. The van der Waals surface area contributed by atoms with Gasteiger partial charge >= 0.3 is 0 Å². The summed E-state index contributed by atoms with van der Waals surface area (Å²) >= 11 is 12.4. The second kappa shape index (κ2) is 14.4. The molecule has 0 spiro atoms. The van der Waals surface area contributed by atoms with Gasteiger partial charge in [-0.25, -0.2) is 8.42 Å². The molecule has 37 heavy (non-hydrogen) atoms. The number of hydrogen-bond donors (Lipinski definition) is 1. The number of nitrogens with one attached hydrogen (secondary N) is 1. The standard InChI is InChI=1S/C26H35Cl2N3O5S/c1-5-6-15-29-26(33)19(2)30(18-20-13-14-21(27)17-22(20)28)25(32)12-9-16-31(37(4,34)35)23-10-7-8-11-24(23)36-3/h7-8,10-11,13-14,17,19H,5-6,9,12,15-16,18H2,1-4H3,(H,29,33)/t19-/m1/s1. The number of hydrogen-bond acceptors (Lipinski definition) is 5. The lowest BCUT2D eigenvalue weighted by atomic mass is 10.1. The van der Waals surface area contributed by atoms with Gasteiger partial charge in [-0.3, -0.25) is 13.9 Å². The van der Waals surface area contributed by atoms with Crippen LogP contribution in [0.1, 0.15) is 45.1 Å². The summed E-state index contributed by atoms with van der Waals surface area (Å²) in [6.45, 7) is 4.39. The zero-order chi connectivity index (χ0) is 27.6. The van der Waals surface area contributed by atoms with E-state index in [4.69, 9.17) is 27.9 Å². The Morgan fingerprint density at radius 1 is 1.11 bits per heavy atom. The number of ether oxygens (including phenoxy) is 1. The summed E-state index contributed by atoms with van der Waals surface area (Å²) in [5.41, 5.74) is 1.05. The van der Waals surface area contributed by atoms with Gasteiger partial charge in [0.1, 0.15) is 11.8 Å². The van der Waals surface area contributed by atoms with Crippen molar-refractivity contribution in [3.8, 4) is 5.75 Å². The number of anilines is 1. The molecule has 0 heterocycles. The van der Waals surface area contributed by atoms with Crippen molar-refractivity contribution in [3.05, 3.63) is 58.1 Å². The maximum absolute atomic E-state index is 13.4.